The number of aromatic nitrogens is 3. The van der Waals surface area contributed by atoms with Crippen LogP contribution in [-0.2, 0) is 14.3 Å². The van der Waals surface area contributed by atoms with E-state index in [4.69, 9.17) is 30.3 Å². The Labute approximate surface area is 347 Å². The molecular formula is C48H72N6O4. The molecule has 1 aromatic carbocycles. The Morgan fingerprint density at radius 1 is 1.07 bits per heavy atom. The molecule has 4 N–H and O–H groups in total. The van der Waals surface area contributed by atoms with Gasteiger partial charge in [0.25, 0.3) is 0 Å². The Kier molecular flexibility index (Phi) is 10.0. The van der Waals surface area contributed by atoms with Gasteiger partial charge in [-0.05, 0) is 96.8 Å². The first-order valence-electron chi connectivity index (χ1n) is 22.3. The number of carboxylic acids is 1. The van der Waals surface area contributed by atoms with Gasteiger partial charge in [0.05, 0.1) is 44.4 Å². The monoisotopic (exact) mass is 797 g/mol. The molecule has 6 aliphatic rings. The van der Waals surface area contributed by atoms with Crippen LogP contribution in [0, 0.1) is 62.1 Å². The number of hydrogen-bond donors (Lipinski definition) is 3. The lowest BCUT2D eigenvalue weighted by atomic mass is 9.34. The van der Waals surface area contributed by atoms with E-state index >= 15 is 0 Å². The minimum Gasteiger partial charge on any atom is -0.481 e. The molecule has 0 radical (unpaired) electrons. The summed E-state index contributed by atoms with van der Waals surface area (Å²) in [6.45, 7) is 28.3. The summed E-state index contributed by atoms with van der Waals surface area (Å²) < 4.78 is 16.3. The number of carbonyl (C=O) groups is 1. The molecule has 2 aliphatic heterocycles. The number of allylic oxidation sites excluding steroid dienone is 1. The lowest BCUT2D eigenvalue weighted by molar-refractivity contribution is -0.253. The number of amidine groups is 1. The summed E-state index contributed by atoms with van der Waals surface area (Å²) in [5, 5.41) is 19.7. The highest BCUT2D eigenvalue weighted by Gasteiger charge is 2.72. The highest BCUT2D eigenvalue weighted by atomic mass is 16.5. The molecule has 1 aromatic heterocycles. The van der Waals surface area contributed by atoms with Crippen LogP contribution in [0.25, 0.3) is 11.4 Å². The van der Waals surface area contributed by atoms with Gasteiger partial charge in [0.2, 0.25) is 0 Å². The zero-order valence-corrected chi connectivity index (χ0v) is 37.3. The molecule has 58 heavy (non-hydrogen) atoms. The third kappa shape index (κ3) is 5.94. The van der Waals surface area contributed by atoms with Crippen molar-refractivity contribution in [2.75, 3.05) is 32.9 Å². The average Bonchev–Trinajstić information content (AvgIpc) is 3.87. The van der Waals surface area contributed by atoms with Crippen molar-refractivity contribution < 1.29 is 19.4 Å². The van der Waals surface area contributed by atoms with Crippen LogP contribution in [0.4, 0.5) is 0 Å². The highest BCUT2D eigenvalue weighted by molar-refractivity contribution is 6.00. The molecule has 0 spiro atoms. The van der Waals surface area contributed by atoms with Gasteiger partial charge in [-0.15, -0.1) is 0 Å². The van der Waals surface area contributed by atoms with Crippen molar-refractivity contribution in [3.8, 4) is 11.4 Å². The van der Waals surface area contributed by atoms with Crippen molar-refractivity contribution in [3.05, 3.63) is 47.8 Å². The molecule has 318 valence electrons. The first-order chi connectivity index (χ1) is 27.1. The second-order valence-corrected chi connectivity index (χ2v) is 22.3. The predicted molar refractivity (Wildman–Crippen MR) is 229 cm³/mol. The van der Waals surface area contributed by atoms with Gasteiger partial charge in [-0.25, -0.2) is 9.67 Å². The van der Waals surface area contributed by atoms with Crippen LogP contribution in [0.3, 0.4) is 0 Å². The Morgan fingerprint density at radius 3 is 2.48 bits per heavy atom. The quantitative estimate of drug-likeness (QED) is 0.215. The van der Waals surface area contributed by atoms with Crippen molar-refractivity contribution in [1.82, 2.24) is 20.1 Å². The van der Waals surface area contributed by atoms with Crippen LogP contribution in [0.5, 0.6) is 0 Å². The van der Waals surface area contributed by atoms with Gasteiger partial charge < -0.3 is 25.6 Å². The molecule has 0 amide bonds. The van der Waals surface area contributed by atoms with Crippen molar-refractivity contribution in [2.24, 2.45) is 72.8 Å². The van der Waals surface area contributed by atoms with Gasteiger partial charge in [-0.1, -0.05) is 99.1 Å². The largest absolute Gasteiger partial charge is 0.481 e. The Morgan fingerprint density at radius 2 is 1.81 bits per heavy atom. The topological polar surface area (TPSA) is 137 Å². The first-order valence-corrected chi connectivity index (χ1v) is 22.3. The van der Waals surface area contributed by atoms with E-state index < -0.39 is 17.4 Å². The number of fused-ring (bicyclic) bond motifs is 3. The van der Waals surface area contributed by atoms with Gasteiger partial charge in [-0.2, -0.15) is 5.10 Å². The molecule has 3 heterocycles. The third-order valence-corrected chi connectivity index (χ3v) is 18.3. The van der Waals surface area contributed by atoms with Crippen molar-refractivity contribution in [2.45, 2.75) is 132 Å². The fourth-order valence-electron chi connectivity index (χ4n) is 13.7. The van der Waals surface area contributed by atoms with E-state index in [9.17, 15) is 9.90 Å². The summed E-state index contributed by atoms with van der Waals surface area (Å²) in [5.74, 6) is 1.99. The SMILES string of the molecule is CC(C)[C@@H](C)[C@@]1(C)CC[C@]2(C)[C@H]3CC[C@@H]4[C@@]5(COC[C@]4(C)[C@@H](OC[C@](C)(N)C(C)(C)C)[C@H](n4ncnc4-c4cccc(C6=NCCN6)c4)C5)C3=CC[C@@]2(C)[C@@H]1C(=O)O. The van der Waals surface area contributed by atoms with Crippen molar-refractivity contribution in [3.63, 3.8) is 0 Å². The number of hydrogen-bond acceptors (Lipinski definition) is 8. The Hall–Kier alpha value is -3.08. The molecule has 3 saturated carbocycles. The predicted octanol–water partition coefficient (Wildman–Crippen LogP) is 8.57. The van der Waals surface area contributed by atoms with Crippen LogP contribution in [0.2, 0.25) is 0 Å². The maximum Gasteiger partial charge on any atom is 0.307 e. The molecule has 8 rings (SSSR count). The van der Waals surface area contributed by atoms with E-state index in [-0.39, 0.29) is 50.6 Å². The molecular weight excluding hydrogens is 725 g/mol. The first kappa shape index (κ1) is 41.6. The number of ether oxygens (including phenoxy) is 2. The van der Waals surface area contributed by atoms with E-state index in [1.807, 2.05) is 0 Å². The van der Waals surface area contributed by atoms with Crippen LogP contribution in [0.1, 0.15) is 126 Å². The molecule has 1 saturated heterocycles. The lowest BCUT2D eigenvalue weighted by Gasteiger charge is -2.71. The van der Waals surface area contributed by atoms with E-state index in [0.29, 0.717) is 37.6 Å². The normalized spacial score (nSPS) is 40.0. The van der Waals surface area contributed by atoms with Gasteiger partial charge in [0.1, 0.15) is 12.2 Å². The molecule has 4 aliphatic carbocycles. The fourth-order valence-corrected chi connectivity index (χ4v) is 13.7. The van der Waals surface area contributed by atoms with Crippen molar-refractivity contribution >= 4 is 11.8 Å². The van der Waals surface area contributed by atoms with E-state index in [1.165, 1.54) is 5.57 Å². The number of aliphatic imine (C=N–C) groups is 1. The van der Waals surface area contributed by atoms with Crippen LogP contribution in [0.15, 0.2) is 47.2 Å². The van der Waals surface area contributed by atoms with Gasteiger partial charge >= 0.3 is 5.97 Å². The smallest absolute Gasteiger partial charge is 0.307 e. The molecule has 4 fully saturated rings. The van der Waals surface area contributed by atoms with E-state index in [2.05, 4.69) is 117 Å². The summed E-state index contributed by atoms with van der Waals surface area (Å²) in [5.41, 5.74) is 8.46. The van der Waals surface area contributed by atoms with Gasteiger partial charge in [-0.3, -0.25) is 9.79 Å². The number of rotatable bonds is 9. The third-order valence-electron chi connectivity index (χ3n) is 18.3. The molecule has 0 unspecified atom stereocenters. The molecule has 2 bridgehead atoms. The maximum atomic E-state index is 13.7. The zero-order chi connectivity index (χ0) is 41.8. The van der Waals surface area contributed by atoms with Crippen LogP contribution < -0.4 is 11.1 Å². The molecule has 2 aromatic rings. The maximum absolute atomic E-state index is 13.7. The number of aliphatic carboxylic acids is 1. The molecule has 10 nitrogen and oxygen atoms in total. The highest BCUT2D eigenvalue weighted by Crippen LogP contribution is 2.75. The molecule has 10 heteroatoms. The standard InChI is InChI=1S/C48H72N6O4/c1-29(2)30(3)43(7)19-20-45(9)33-15-16-36-44(8)25-57-27-48(36,34(33)17-18-46(45,10)37(43)41(55)56)24-35(38(44)58-26-47(11,49)42(4,5)6)54-40(52-28-53-54)32-14-12-13-31(23-32)39-50-21-22-51-39/h12-14,17,23,28-30,33,35-38H,15-16,18-22,24-27,49H2,1-11H3,(H,50,51)(H,55,56)/t30-,33+,35-,36+,37-,38+,43-,44+,45-,46+,47+,48+/m1/s1. The van der Waals surface area contributed by atoms with Crippen LogP contribution in [-0.4, -0.2) is 76.2 Å². The summed E-state index contributed by atoms with van der Waals surface area (Å²) >= 11 is 0. The second-order valence-electron chi connectivity index (χ2n) is 22.3. The fraction of sp³-hybridized carbons (Fsp3) is 0.750. The number of nitrogens with zero attached hydrogens (tertiary/aromatic N) is 4. The number of benzene rings is 1. The summed E-state index contributed by atoms with van der Waals surface area (Å²) in [6, 6.07) is 8.35. The van der Waals surface area contributed by atoms with Crippen molar-refractivity contribution in [1.29, 1.82) is 0 Å². The number of nitrogens with one attached hydrogen (secondary N) is 1. The van der Waals surface area contributed by atoms with Gasteiger partial charge in [0, 0.05) is 34.0 Å². The minimum absolute atomic E-state index is 0.141. The Bertz CT molecular complexity index is 1980. The molecule has 12 atom stereocenters. The number of carboxylic acid groups (broad SMARTS) is 1. The van der Waals surface area contributed by atoms with Crippen LogP contribution >= 0.6 is 0 Å². The van der Waals surface area contributed by atoms with Gasteiger partial charge in [0.15, 0.2) is 5.82 Å². The summed E-state index contributed by atoms with van der Waals surface area (Å²) in [6.07, 6.45) is 9.63. The number of nitrogens with two attached hydrogens (primary N) is 1. The zero-order valence-electron chi connectivity index (χ0n) is 37.3. The summed E-state index contributed by atoms with van der Waals surface area (Å²) in [7, 11) is 0. The minimum atomic E-state index is -0.626. The Balaban J connectivity index is 1.24. The lowest BCUT2D eigenvalue weighted by Crippen LogP contribution is -2.69. The van der Waals surface area contributed by atoms with E-state index in [1.54, 1.807) is 6.33 Å². The second kappa shape index (κ2) is 14.0. The van der Waals surface area contributed by atoms with E-state index in [0.717, 1.165) is 74.4 Å². The average molecular weight is 797 g/mol. The summed E-state index contributed by atoms with van der Waals surface area (Å²) in [4.78, 5) is 23.3.